The summed E-state index contributed by atoms with van der Waals surface area (Å²) in [6.07, 6.45) is 6.83. The number of likely N-dealkylation sites (tertiary alicyclic amines) is 1. The molecule has 2 aromatic heterocycles. The molecule has 1 amide bonds. The van der Waals surface area contributed by atoms with Crippen LogP contribution in [0.5, 0.6) is 0 Å². The van der Waals surface area contributed by atoms with Crippen molar-refractivity contribution in [3.05, 3.63) is 40.6 Å². The molecule has 1 aliphatic rings. The fraction of sp³-hybridized carbons (Fsp3) is 0.529. The van der Waals surface area contributed by atoms with Gasteiger partial charge in [-0.2, -0.15) is 0 Å². The van der Waals surface area contributed by atoms with Crippen molar-refractivity contribution >= 4 is 17.2 Å². The molecule has 0 N–H and O–H groups in total. The normalized spacial score (nSPS) is 20.1. The smallest absolute Gasteiger partial charge is 0.224 e. The molecular formula is C17H23N3OS. The van der Waals surface area contributed by atoms with Gasteiger partial charge in [0.05, 0.1) is 5.01 Å². The number of amides is 1. The maximum absolute atomic E-state index is 12.6. The first-order valence-corrected chi connectivity index (χ1v) is 8.83. The molecule has 118 valence electrons. The van der Waals surface area contributed by atoms with Crippen LogP contribution in [0, 0.1) is 6.92 Å². The largest absolute Gasteiger partial charge is 0.351 e. The lowest BCUT2D eigenvalue weighted by Gasteiger charge is -2.32. The van der Waals surface area contributed by atoms with Gasteiger partial charge in [0.2, 0.25) is 5.91 Å². The van der Waals surface area contributed by atoms with Gasteiger partial charge in [-0.15, -0.1) is 11.3 Å². The highest BCUT2D eigenvalue weighted by Crippen LogP contribution is 2.29. The van der Waals surface area contributed by atoms with Crippen molar-refractivity contribution in [2.75, 3.05) is 13.1 Å². The van der Waals surface area contributed by atoms with E-state index in [-0.39, 0.29) is 11.9 Å². The Kier molecular flexibility index (Phi) is 4.62. The molecule has 0 saturated carbocycles. The van der Waals surface area contributed by atoms with E-state index in [9.17, 15) is 4.79 Å². The summed E-state index contributed by atoms with van der Waals surface area (Å²) in [4.78, 5) is 19.2. The summed E-state index contributed by atoms with van der Waals surface area (Å²) in [5, 5.41) is 3.29. The minimum Gasteiger partial charge on any atom is -0.351 e. The predicted octanol–water partition coefficient (Wildman–Crippen LogP) is 3.61. The number of hydrogen-bond donors (Lipinski definition) is 0. The van der Waals surface area contributed by atoms with E-state index in [1.807, 2.05) is 36.4 Å². The minimum atomic E-state index is 0.213. The lowest BCUT2D eigenvalue weighted by Crippen LogP contribution is -2.39. The zero-order chi connectivity index (χ0) is 15.5. The number of carbonyl (C=O) groups excluding carboxylic acids is 1. The summed E-state index contributed by atoms with van der Waals surface area (Å²) in [6.45, 7) is 5.84. The van der Waals surface area contributed by atoms with Gasteiger partial charge < -0.3 is 9.47 Å². The Balaban J connectivity index is 1.60. The first kappa shape index (κ1) is 15.3. The summed E-state index contributed by atoms with van der Waals surface area (Å²) in [5.74, 6) is 0.678. The fourth-order valence-corrected chi connectivity index (χ4v) is 4.02. The molecule has 1 saturated heterocycles. The van der Waals surface area contributed by atoms with Crippen LogP contribution in [0.4, 0.5) is 0 Å². The highest BCUT2D eigenvalue weighted by molar-refractivity contribution is 7.09. The summed E-state index contributed by atoms with van der Waals surface area (Å²) in [6, 6.07) is 4.22. The van der Waals surface area contributed by atoms with Gasteiger partial charge >= 0.3 is 0 Å². The molecule has 0 bridgehead atoms. The van der Waals surface area contributed by atoms with E-state index in [0.717, 1.165) is 31.6 Å². The van der Waals surface area contributed by atoms with Crippen molar-refractivity contribution in [2.45, 2.75) is 45.1 Å². The molecular weight excluding hydrogens is 294 g/mol. The van der Waals surface area contributed by atoms with Gasteiger partial charge in [0.25, 0.3) is 0 Å². The maximum atomic E-state index is 12.6. The van der Waals surface area contributed by atoms with Crippen LogP contribution in [-0.4, -0.2) is 33.4 Å². The van der Waals surface area contributed by atoms with Crippen LogP contribution >= 0.6 is 11.3 Å². The molecule has 2 atom stereocenters. The Morgan fingerprint density at radius 1 is 1.45 bits per heavy atom. The number of carbonyl (C=O) groups is 1. The van der Waals surface area contributed by atoms with Crippen LogP contribution in [0.2, 0.25) is 0 Å². The molecule has 3 heterocycles. The molecule has 0 unspecified atom stereocenters. The molecule has 2 aromatic rings. The van der Waals surface area contributed by atoms with E-state index in [0.29, 0.717) is 12.3 Å². The summed E-state index contributed by atoms with van der Waals surface area (Å²) in [5.41, 5.74) is 1.09. The van der Waals surface area contributed by atoms with Crippen LogP contribution in [0.25, 0.3) is 0 Å². The predicted molar refractivity (Wildman–Crippen MR) is 89.2 cm³/mol. The zero-order valence-corrected chi connectivity index (χ0v) is 14.1. The molecule has 0 aromatic carbocycles. The highest BCUT2D eigenvalue weighted by Gasteiger charge is 2.27. The second-order valence-corrected chi connectivity index (χ2v) is 7.08. The van der Waals surface area contributed by atoms with E-state index in [4.69, 9.17) is 0 Å². The van der Waals surface area contributed by atoms with Gasteiger partial charge in [0, 0.05) is 54.9 Å². The molecule has 0 spiro atoms. The van der Waals surface area contributed by atoms with Crippen molar-refractivity contribution in [2.24, 2.45) is 0 Å². The molecule has 3 rings (SSSR count). The first-order valence-electron chi connectivity index (χ1n) is 7.95. The van der Waals surface area contributed by atoms with Gasteiger partial charge in [-0.3, -0.25) is 4.79 Å². The number of thiazole rings is 1. The van der Waals surface area contributed by atoms with E-state index in [1.165, 1.54) is 5.01 Å². The first-order chi connectivity index (χ1) is 10.6. The highest BCUT2D eigenvalue weighted by atomic mass is 32.1. The van der Waals surface area contributed by atoms with E-state index < -0.39 is 0 Å². The van der Waals surface area contributed by atoms with E-state index >= 15 is 0 Å². The maximum Gasteiger partial charge on any atom is 0.224 e. The quantitative estimate of drug-likeness (QED) is 0.864. The Labute approximate surface area is 135 Å². The van der Waals surface area contributed by atoms with E-state index in [2.05, 4.69) is 21.9 Å². The Bertz CT molecular complexity index is 620. The van der Waals surface area contributed by atoms with Crippen molar-refractivity contribution < 1.29 is 4.79 Å². The second kappa shape index (κ2) is 6.65. The number of nitrogens with zero attached hydrogens (tertiary/aromatic N) is 3. The number of aromatic nitrogens is 2. The van der Waals surface area contributed by atoms with Crippen molar-refractivity contribution in [1.29, 1.82) is 0 Å². The standard InChI is InChI=1S/C17H23N3OS/c1-13-12-22-17(18-13)15-6-5-9-20(11-15)16(21)10-14(2)19-7-3-4-8-19/h3-4,7-8,12,14-15H,5-6,9-11H2,1-2H3/t14-,15+/m1/s1. The van der Waals surface area contributed by atoms with Crippen LogP contribution < -0.4 is 0 Å². The topological polar surface area (TPSA) is 38.1 Å². The Morgan fingerprint density at radius 3 is 2.91 bits per heavy atom. The second-order valence-electron chi connectivity index (χ2n) is 6.19. The van der Waals surface area contributed by atoms with Gasteiger partial charge in [-0.1, -0.05) is 0 Å². The number of piperidine rings is 1. The van der Waals surface area contributed by atoms with Crippen molar-refractivity contribution in [3.8, 4) is 0 Å². The Morgan fingerprint density at radius 2 is 2.23 bits per heavy atom. The average Bonchev–Trinajstić information content (AvgIpc) is 3.18. The van der Waals surface area contributed by atoms with Gasteiger partial charge in [0.1, 0.15) is 0 Å². The third-order valence-corrected chi connectivity index (χ3v) is 5.49. The van der Waals surface area contributed by atoms with E-state index in [1.54, 1.807) is 11.3 Å². The summed E-state index contributed by atoms with van der Waals surface area (Å²) < 4.78 is 2.10. The van der Waals surface area contributed by atoms with Gasteiger partial charge in [0.15, 0.2) is 0 Å². The number of rotatable bonds is 4. The number of aryl methyl sites for hydroxylation is 1. The molecule has 5 heteroatoms. The van der Waals surface area contributed by atoms with Crippen LogP contribution in [0.15, 0.2) is 29.9 Å². The van der Waals surface area contributed by atoms with Crippen LogP contribution in [0.1, 0.15) is 48.8 Å². The van der Waals surface area contributed by atoms with Crippen molar-refractivity contribution in [3.63, 3.8) is 0 Å². The van der Waals surface area contributed by atoms with Gasteiger partial charge in [-0.05, 0) is 38.8 Å². The van der Waals surface area contributed by atoms with Crippen LogP contribution in [-0.2, 0) is 4.79 Å². The average molecular weight is 317 g/mol. The lowest BCUT2D eigenvalue weighted by atomic mass is 9.98. The van der Waals surface area contributed by atoms with Crippen molar-refractivity contribution in [1.82, 2.24) is 14.5 Å². The SMILES string of the molecule is Cc1csc([C@H]2CCCN(C(=O)C[C@@H](C)n3cccc3)C2)n1. The fourth-order valence-electron chi connectivity index (χ4n) is 3.09. The monoisotopic (exact) mass is 317 g/mol. The summed E-state index contributed by atoms with van der Waals surface area (Å²) in [7, 11) is 0. The Hall–Kier alpha value is -1.62. The third-order valence-electron chi connectivity index (χ3n) is 4.37. The van der Waals surface area contributed by atoms with Gasteiger partial charge in [-0.25, -0.2) is 4.98 Å². The minimum absolute atomic E-state index is 0.213. The molecule has 1 fully saturated rings. The molecule has 1 aliphatic heterocycles. The summed E-state index contributed by atoms with van der Waals surface area (Å²) >= 11 is 1.73. The molecule has 0 radical (unpaired) electrons. The number of hydrogen-bond acceptors (Lipinski definition) is 3. The van der Waals surface area contributed by atoms with Crippen LogP contribution in [0.3, 0.4) is 0 Å². The third kappa shape index (κ3) is 3.40. The zero-order valence-electron chi connectivity index (χ0n) is 13.2. The molecule has 4 nitrogen and oxygen atoms in total. The molecule has 22 heavy (non-hydrogen) atoms. The molecule has 0 aliphatic carbocycles. The lowest BCUT2D eigenvalue weighted by molar-refractivity contribution is -0.133.